The fourth-order valence-corrected chi connectivity index (χ4v) is 3.92. The molecule has 2 aromatic carbocycles. The van der Waals surface area contributed by atoms with Crippen molar-refractivity contribution in [1.29, 1.82) is 0 Å². The molecule has 0 spiro atoms. The molecule has 162 valence electrons. The molecule has 0 saturated carbocycles. The van der Waals surface area contributed by atoms with E-state index in [1.807, 2.05) is 31.2 Å². The van der Waals surface area contributed by atoms with Crippen LogP contribution in [0, 0.1) is 13.8 Å². The van der Waals surface area contributed by atoms with E-state index in [2.05, 4.69) is 42.8 Å². The fraction of sp³-hybridized carbons (Fsp3) is 0.480. The maximum atomic E-state index is 11.9. The molecule has 0 aliphatic carbocycles. The van der Waals surface area contributed by atoms with Gasteiger partial charge in [-0.25, -0.2) is 4.79 Å². The number of aryl methyl sites for hydroxylation is 2. The van der Waals surface area contributed by atoms with Crippen molar-refractivity contribution in [2.24, 2.45) is 0 Å². The summed E-state index contributed by atoms with van der Waals surface area (Å²) in [5.41, 5.74) is 5.33. The van der Waals surface area contributed by atoms with Crippen molar-refractivity contribution in [3.63, 3.8) is 0 Å². The second-order valence-corrected chi connectivity index (χ2v) is 8.16. The molecule has 1 aliphatic heterocycles. The number of ether oxygens (including phenoxy) is 2. The van der Waals surface area contributed by atoms with E-state index in [1.54, 1.807) is 0 Å². The number of hydrogen-bond acceptors (Lipinski definition) is 5. The Labute approximate surface area is 180 Å². The van der Waals surface area contributed by atoms with Gasteiger partial charge < -0.3 is 14.4 Å². The number of nitrogens with zero attached hydrogens (tertiary/aromatic N) is 2. The normalized spacial score (nSPS) is 15.2. The molecule has 0 bridgehead atoms. The van der Waals surface area contributed by atoms with E-state index in [0.29, 0.717) is 18.8 Å². The number of benzene rings is 2. The van der Waals surface area contributed by atoms with Crippen molar-refractivity contribution in [2.45, 2.75) is 27.2 Å². The molecular weight excluding hydrogens is 376 g/mol. The Morgan fingerprint density at radius 3 is 2.40 bits per heavy atom. The third kappa shape index (κ3) is 6.07. The molecule has 1 fully saturated rings. The van der Waals surface area contributed by atoms with Gasteiger partial charge in [-0.05, 0) is 56.6 Å². The summed E-state index contributed by atoms with van der Waals surface area (Å²) in [5.74, 6) is 0.715. The van der Waals surface area contributed by atoms with Crippen LogP contribution >= 0.6 is 0 Å². The summed E-state index contributed by atoms with van der Waals surface area (Å²) in [6, 6.07) is 12.1. The Balaban J connectivity index is 1.66. The van der Waals surface area contributed by atoms with Gasteiger partial charge in [0.05, 0.1) is 12.2 Å². The Morgan fingerprint density at radius 2 is 1.73 bits per heavy atom. The van der Waals surface area contributed by atoms with Crippen LogP contribution in [0.2, 0.25) is 0 Å². The molecule has 0 unspecified atom stereocenters. The van der Waals surface area contributed by atoms with E-state index in [1.165, 1.54) is 16.7 Å². The van der Waals surface area contributed by atoms with Crippen LogP contribution in [0.1, 0.15) is 39.5 Å². The molecule has 0 atom stereocenters. The number of carbonyl (C=O) groups is 1. The number of likely N-dealkylation sites (N-methyl/N-ethyl adjacent to an activating group) is 1. The van der Waals surface area contributed by atoms with E-state index in [-0.39, 0.29) is 5.97 Å². The molecule has 0 radical (unpaired) electrons. The molecular formula is C25H34N2O3. The minimum absolute atomic E-state index is 0.275. The summed E-state index contributed by atoms with van der Waals surface area (Å²) in [7, 11) is 2.18. The zero-order chi connectivity index (χ0) is 21.5. The highest BCUT2D eigenvalue weighted by Crippen LogP contribution is 2.28. The summed E-state index contributed by atoms with van der Waals surface area (Å²) in [4.78, 5) is 16.7. The highest BCUT2D eigenvalue weighted by molar-refractivity contribution is 5.89. The lowest BCUT2D eigenvalue weighted by Gasteiger charge is -2.32. The summed E-state index contributed by atoms with van der Waals surface area (Å²) in [6.45, 7) is 12.5. The van der Waals surface area contributed by atoms with Crippen molar-refractivity contribution in [3.8, 4) is 5.75 Å². The fourth-order valence-electron chi connectivity index (χ4n) is 3.92. The Bertz CT molecular complexity index is 840. The predicted molar refractivity (Wildman–Crippen MR) is 121 cm³/mol. The van der Waals surface area contributed by atoms with Crippen molar-refractivity contribution >= 4 is 5.97 Å². The molecule has 0 N–H and O–H groups in total. The SMILES string of the molecule is CCOC(=O)c1ccc(Cc2cc(C)cc(C)c2OCCN2CCN(C)CC2)cc1. The topological polar surface area (TPSA) is 42.0 Å². The van der Waals surface area contributed by atoms with Gasteiger partial charge in [-0.2, -0.15) is 0 Å². The van der Waals surface area contributed by atoms with Crippen molar-refractivity contribution in [1.82, 2.24) is 9.80 Å². The number of hydrogen-bond donors (Lipinski definition) is 0. The first-order valence-electron chi connectivity index (χ1n) is 10.9. The quantitative estimate of drug-likeness (QED) is 0.621. The number of rotatable bonds is 8. The molecule has 1 heterocycles. The van der Waals surface area contributed by atoms with Crippen molar-refractivity contribution in [2.75, 3.05) is 53.0 Å². The van der Waals surface area contributed by atoms with Crippen LogP contribution in [0.25, 0.3) is 0 Å². The van der Waals surface area contributed by atoms with Gasteiger partial charge in [0.1, 0.15) is 12.4 Å². The molecule has 30 heavy (non-hydrogen) atoms. The number of piperazine rings is 1. The zero-order valence-electron chi connectivity index (χ0n) is 18.7. The van der Waals surface area contributed by atoms with Gasteiger partial charge >= 0.3 is 5.97 Å². The minimum Gasteiger partial charge on any atom is -0.492 e. The predicted octanol–water partition coefficient (Wildman–Crippen LogP) is 3.70. The Morgan fingerprint density at radius 1 is 1.03 bits per heavy atom. The van der Waals surface area contributed by atoms with Gasteiger partial charge in [-0.15, -0.1) is 0 Å². The van der Waals surface area contributed by atoms with Crippen LogP contribution < -0.4 is 4.74 Å². The molecule has 5 nitrogen and oxygen atoms in total. The van der Waals surface area contributed by atoms with E-state index in [0.717, 1.165) is 50.5 Å². The Hall–Kier alpha value is -2.37. The third-order valence-corrected chi connectivity index (χ3v) is 5.61. The number of carbonyl (C=O) groups excluding carboxylic acids is 1. The smallest absolute Gasteiger partial charge is 0.338 e. The molecule has 5 heteroatoms. The van der Waals surface area contributed by atoms with Crippen molar-refractivity contribution in [3.05, 3.63) is 64.2 Å². The molecule has 3 rings (SSSR count). The van der Waals surface area contributed by atoms with Crippen LogP contribution in [0.3, 0.4) is 0 Å². The van der Waals surface area contributed by atoms with Crippen LogP contribution in [0.4, 0.5) is 0 Å². The van der Waals surface area contributed by atoms with Gasteiger partial charge in [0, 0.05) is 39.1 Å². The second-order valence-electron chi connectivity index (χ2n) is 8.16. The molecule has 1 saturated heterocycles. The van der Waals surface area contributed by atoms with Gasteiger partial charge in [0.15, 0.2) is 0 Å². The van der Waals surface area contributed by atoms with E-state index >= 15 is 0 Å². The first kappa shape index (κ1) is 22.3. The third-order valence-electron chi connectivity index (χ3n) is 5.61. The molecule has 2 aromatic rings. The minimum atomic E-state index is -0.275. The monoisotopic (exact) mass is 410 g/mol. The molecule has 1 aliphatic rings. The summed E-state index contributed by atoms with van der Waals surface area (Å²) in [6.07, 6.45) is 0.773. The van der Waals surface area contributed by atoms with Crippen molar-refractivity contribution < 1.29 is 14.3 Å². The van der Waals surface area contributed by atoms with E-state index in [4.69, 9.17) is 9.47 Å². The van der Waals surface area contributed by atoms with E-state index < -0.39 is 0 Å². The largest absolute Gasteiger partial charge is 0.492 e. The Kier molecular flexibility index (Phi) is 7.88. The lowest BCUT2D eigenvalue weighted by atomic mass is 9.98. The first-order chi connectivity index (χ1) is 14.5. The first-order valence-corrected chi connectivity index (χ1v) is 10.9. The highest BCUT2D eigenvalue weighted by Gasteiger charge is 2.15. The van der Waals surface area contributed by atoms with Crippen LogP contribution in [-0.2, 0) is 11.2 Å². The number of esters is 1. The van der Waals surface area contributed by atoms with Gasteiger partial charge in [-0.1, -0.05) is 29.8 Å². The van der Waals surface area contributed by atoms with E-state index in [9.17, 15) is 4.79 Å². The van der Waals surface area contributed by atoms with Crippen LogP contribution in [0.5, 0.6) is 5.75 Å². The lowest BCUT2D eigenvalue weighted by molar-refractivity contribution is 0.0526. The highest BCUT2D eigenvalue weighted by atomic mass is 16.5. The molecule has 0 aromatic heterocycles. The van der Waals surface area contributed by atoms with Crippen LogP contribution in [-0.4, -0.2) is 68.8 Å². The average molecular weight is 411 g/mol. The summed E-state index contributed by atoms with van der Waals surface area (Å²) in [5, 5.41) is 0. The van der Waals surface area contributed by atoms with Gasteiger partial charge in [0.25, 0.3) is 0 Å². The summed E-state index contributed by atoms with van der Waals surface area (Å²) < 4.78 is 11.4. The maximum absolute atomic E-state index is 11.9. The summed E-state index contributed by atoms with van der Waals surface area (Å²) >= 11 is 0. The maximum Gasteiger partial charge on any atom is 0.338 e. The lowest BCUT2D eigenvalue weighted by Crippen LogP contribution is -2.45. The van der Waals surface area contributed by atoms with Crippen LogP contribution in [0.15, 0.2) is 36.4 Å². The second kappa shape index (κ2) is 10.6. The van der Waals surface area contributed by atoms with Gasteiger partial charge in [0.2, 0.25) is 0 Å². The van der Waals surface area contributed by atoms with Gasteiger partial charge in [-0.3, -0.25) is 4.90 Å². The zero-order valence-corrected chi connectivity index (χ0v) is 18.7. The molecule has 0 amide bonds. The average Bonchev–Trinajstić information content (AvgIpc) is 2.72. The standard InChI is InChI=1S/C25H34N2O3/c1-5-29-25(28)22-8-6-21(7-9-22)18-23-17-19(2)16-20(3)24(23)30-15-14-27-12-10-26(4)11-13-27/h6-9,16-17H,5,10-15,18H2,1-4H3.